The van der Waals surface area contributed by atoms with Crippen LogP contribution in [0.4, 0.5) is 13.2 Å². The van der Waals surface area contributed by atoms with Gasteiger partial charge in [0.05, 0.1) is 10.5 Å². The Labute approximate surface area is 115 Å². The molecule has 1 unspecified atom stereocenters. The lowest BCUT2D eigenvalue weighted by Crippen LogP contribution is -2.31. The monoisotopic (exact) mass is 315 g/mol. The highest BCUT2D eigenvalue weighted by molar-refractivity contribution is 7.89. The third kappa shape index (κ3) is 4.09. The summed E-state index contributed by atoms with van der Waals surface area (Å²) in [5, 5.41) is -0.439. The quantitative estimate of drug-likeness (QED) is 0.801. The summed E-state index contributed by atoms with van der Waals surface area (Å²) in [6, 6.07) is 3.63. The van der Waals surface area contributed by atoms with E-state index in [1.807, 2.05) is 0 Å². The minimum absolute atomic E-state index is 0.0140. The third-order valence-electron chi connectivity index (χ3n) is 2.38. The molecule has 0 aliphatic heterocycles. The first-order valence-electron chi connectivity index (χ1n) is 5.33. The van der Waals surface area contributed by atoms with Gasteiger partial charge in [-0.15, -0.1) is 11.6 Å². The number of alkyl halides is 4. The molecule has 0 spiro atoms. The summed E-state index contributed by atoms with van der Waals surface area (Å²) in [6.07, 6.45) is -4.58. The van der Waals surface area contributed by atoms with Crippen molar-refractivity contribution < 1.29 is 21.6 Å². The van der Waals surface area contributed by atoms with E-state index >= 15 is 0 Å². The Bertz CT molecular complexity index is 543. The van der Waals surface area contributed by atoms with Gasteiger partial charge < -0.3 is 0 Å². The van der Waals surface area contributed by atoms with Crippen molar-refractivity contribution in [2.75, 3.05) is 13.6 Å². The van der Waals surface area contributed by atoms with Crippen LogP contribution < -0.4 is 0 Å². The van der Waals surface area contributed by atoms with Crippen LogP contribution >= 0.6 is 11.6 Å². The van der Waals surface area contributed by atoms with Crippen molar-refractivity contribution in [3.63, 3.8) is 0 Å². The minimum atomic E-state index is -4.58. The summed E-state index contributed by atoms with van der Waals surface area (Å²) < 4.78 is 62.6. The molecule has 1 aromatic rings. The predicted octanol–water partition coefficient (Wildman–Crippen LogP) is 2.95. The molecule has 0 heterocycles. The molecule has 1 aromatic carbocycles. The zero-order valence-corrected chi connectivity index (χ0v) is 11.9. The molecule has 108 valence electrons. The number of nitrogens with zero attached hydrogens (tertiary/aromatic N) is 1. The Morgan fingerprint density at radius 3 is 2.42 bits per heavy atom. The van der Waals surface area contributed by atoms with Gasteiger partial charge in [-0.05, 0) is 25.1 Å². The molecular weight excluding hydrogens is 303 g/mol. The highest BCUT2D eigenvalue weighted by Crippen LogP contribution is 2.31. The van der Waals surface area contributed by atoms with Crippen LogP contribution in [0.25, 0.3) is 0 Å². The Morgan fingerprint density at radius 1 is 1.37 bits per heavy atom. The van der Waals surface area contributed by atoms with E-state index < -0.39 is 32.0 Å². The van der Waals surface area contributed by atoms with Gasteiger partial charge in [-0.3, -0.25) is 0 Å². The molecule has 0 aromatic heterocycles. The highest BCUT2D eigenvalue weighted by atomic mass is 35.5. The van der Waals surface area contributed by atoms with Crippen molar-refractivity contribution in [2.45, 2.75) is 23.4 Å². The van der Waals surface area contributed by atoms with E-state index in [4.69, 9.17) is 11.6 Å². The Morgan fingerprint density at radius 2 is 1.95 bits per heavy atom. The molecule has 0 N–H and O–H groups in total. The van der Waals surface area contributed by atoms with Crippen LogP contribution in [-0.4, -0.2) is 31.7 Å². The molecule has 0 bridgehead atoms. The number of halogens is 4. The van der Waals surface area contributed by atoms with Gasteiger partial charge in [-0.1, -0.05) is 6.07 Å². The summed E-state index contributed by atoms with van der Waals surface area (Å²) in [4.78, 5) is -0.401. The van der Waals surface area contributed by atoms with Crippen molar-refractivity contribution in [2.24, 2.45) is 0 Å². The molecule has 0 fully saturated rings. The largest absolute Gasteiger partial charge is 0.416 e. The van der Waals surface area contributed by atoms with Crippen molar-refractivity contribution in [3.05, 3.63) is 29.8 Å². The van der Waals surface area contributed by atoms with E-state index in [2.05, 4.69) is 0 Å². The second-order valence-corrected chi connectivity index (χ2v) is 6.88. The van der Waals surface area contributed by atoms with Crippen LogP contribution in [0.5, 0.6) is 0 Å². The van der Waals surface area contributed by atoms with Crippen LogP contribution in [0.15, 0.2) is 29.2 Å². The molecular formula is C11H13ClF3NO2S. The van der Waals surface area contributed by atoms with Gasteiger partial charge in [0.2, 0.25) is 10.0 Å². The number of sulfonamides is 1. The predicted molar refractivity (Wildman–Crippen MR) is 66.6 cm³/mol. The van der Waals surface area contributed by atoms with Crippen molar-refractivity contribution >= 4 is 21.6 Å². The van der Waals surface area contributed by atoms with Crippen molar-refractivity contribution in [3.8, 4) is 0 Å². The Hall–Kier alpha value is -0.790. The van der Waals surface area contributed by atoms with Gasteiger partial charge in [-0.25, -0.2) is 8.42 Å². The topological polar surface area (TPSA) is 37.4 Å². The van der Waals surface area contributed by atoms with E-state index in [1.165, 1.54) is 7.05 Å². The lowest BCUT2D eigenvalue weighted by atomic mass is 10.2. The molecule has 0 aliphatic carbocycles. The Kier molecular flexibility index (Phi) is 4.86. The van der Waals surface area contributed by atoms with Crippen LogP contribution in [0.2, 0.25) is 0 Å². The summed E-state index contributed by atoms with van der Waals surface area (Å²) in [6.45, 7) is 1.61. The lowest BCUT2D eigenvalue weighted by Gasteiger charge is -2.19. The molecule has 1 atom stereocenters. The highest BCUT2D eigenvalue weighted by Gasteiger charge is 2.32. The first kappa shape index (κ1) is 16.3. The summed E-state index contributed by atoms with van der Waals surface area (Å²) in [7, 11) is -2.70. The van der Waals surface area contributed by atoms with Crippen LogP contribution in [0, 0.1) is 0 Å². The average Bonchev–Trinajstić information content (AvgIpc) is 2.27. The van der Waals surface area contributed by atoms with Gasteiger partial charge in [0.25, 0.3) is 0 Å². The van der Waals surface area contributed by atoms with Crippen LogP contribution in [-0.2, 0) is 16.2 Å². The van der Waals surface area contributed by atoms with Crippen LogP contribution in [0.1, 0.15) is 12.5 Å². The van der Waals surface area contributed by atoms with Gasteiger partial charge in [0.1, 0.15) is 0 Å². The molecule has 8 heteroatoms. The second-order valence-electron chi connectivity index (χ2n) is 4.09. The van der Waals surface area contributed by atoms with Crippen molar-refractivity contribution in [1.29, 1.82) is 0 Å². The molecule has 0 saturated heterocycles. The summed E-state index contributed by atoms with van der Waals surface area (Å²) >= 11 is 5.68. The van der Waals surface area contributed by atoms with Crippen LogP contribution in [0.3, 0.4) is 0 Å². The number of benzene rings is 1. The average molecular weight is 316 g/mol. The second kappa shape index (κ2) is 5.68. The molecule has 0 saturated carbocycles. The number of hydrogen-bond acceptors (Lipinski definition) is 2. The molecule has 0 amide bonds. The maximum absolute atomic E-state index is 12.5. The fraction of sp³-hybridized carbons (Fsp3) is 0.455. The smallest absolute Gasteiger partial charge is 0.207 e. The fourth-order valence-corrected chi connectivity index (χ4v) is 3.06. The zero-order chi connectivity index (χ0) is 14.8. The van der Waals surface area contributed by atoms with Gasteiger partial charge >= 0.3 is 6.18 Å². The molecule has 0 aliphatic rings. The number of hydrogen-bond donors (Lipinski definition) is 0. The first-order valence-corrected chi connectivity index (χ1v) is 7.20. The molecule has 3 nitrogen and oxygen atoms in total. The standard InChI is InChI=1S/C11H13ClF3NO2S/c1-8(12)7-16(2)19(17,18)10-5-3-4-9(6-10)11(13,14)15/h3-6,8H,7H2,1-2H3. The SMILES string of the molecule is CC(Cl)CN(C)S(=O)(=O)c1cccc(C(F)(F)F)c1. The van der Waals surface area contributed by atoms with E-state index in [0.717, 1.165) is 22.5 Å². The summed E-state index contributed by atoms with van der Waals surface area (Å²) in [5.74, 6) is 0. The zero-order valence-electron chi connectivity index (χ0n) is 10.3. The Balaban J connectivity index is 3.16. The van der Waals surface area contributed by atoms with Gasteiger partial charge in [0, 0.05) is 19.0 Å². The lowest BCUT2D eigenvalue weighted by molar-refractivity contribution is -0.137. The normalized spacial score (nSPS) is 14.7. The van der Waals surface area contributed by atoms with E-state index in [1.54, 1.807) is 6.92 Å². The van der Waals surface area contributed by atoms with Gasteiger partial charge in [-0.2, -0.15) is 17.5 Å². The maximum Gasteiger partial charge on any atom is 0.416 e. The summed E-state index contributed by atoms with van der Waals surface area (Å²) in [5.41, 5.74) is -0.999. The maximum atomic E-state index is 12.5. The van der Waals surface area contributed by atoms with E-state index in [9.17, 15) is 21.6 Å². The minimum Gasteiger partial charge on any atom is -0.207 e. The number of rotatable bonds is 4. The molecule has 1 rings (SSSR count). The van der Waals surface area contributed by atoms with Crippen molar-refractivity contribution in [1.82, 2.24) is 4.31 Å². The van der Waals surface area contributed by atoms with E-state index in [0.29, 0.717) is 6.07 Å². The fourth-order valence-electron chi connectivity index (χ4n) is 1.47. The first-order chi connectivity index (χ1) is 8.55. The van der Waals surface area contributed by atoms with Gasteiger partial charge in [0.15, 0.2) is 0 Å². The van der Waals surface area contributed by atoms with E-state index in [-0.39, 0.29) is 6.54 Å². The molecule has 0 radical (unpaired) electrons. The molecule has 19 heavy (non-hydrogen) atoms. The third-order valence-corrected chi connectivity index (χ3v) is 4.34.